The number of methoxy groups -OCH3 is 1. The van der Waals surface area contributed by atoms with Crippen molar-refractivity contribution in [1.29, 1.82) is 0 Å². The van der Waals surface area contributed by atoms with Gasteiger partial charge in [0.1, 0.15) is 0 Å². The van der Waals surface area contributed by atoms with E-state index in [1.165, 1.54) is 24.3 Å². The second kappa shape index (κ2) is 8.13. The van der Waals surface area contributed by atoms with E-state index >= 15 is 0 Å². The van der Waals surface area contributed by atoms with Gasteiger partial charge >= 0.3 is 0 Å². The molecule has 134 valence electrons. The maximum Gasteiger partial charge on any atom is 0.261 e. The molecule has 0 atom stereocenters. The third-order valence-corrected chi connectivity index (χ3v) is 5.17. The lowest BCUT2D eigenvalue weighted by molar-refractivity contribution is 0.0937. The number of sulfonamides is 1. The average molecular weight is 362 g/mol. The Hall–Kier alpha value is -2.38. The Labute approximate surface area is 148 Å². The highest BCUT2D eigenvalue weighted by Crippen LogP contribution is 2.19. The summed E-state index contributed by atoms with van der Waals surface area (Å²) in [5.74, 6) is -0.275. The normalized spacial score (nSPS) is 11.2. The average Bonchev–Trinajstić information content (AvgIpc) is 2.58. The van der Waals surface area contributed by atoms with Gasteiger partial charge in [0.2, 0.25) is 0 Å². The summed E-state index contributed by atoms with van der Waals surface area (Å²) in [7, 11) is -2.16. The number of nitrogens with one attached hydrogen (secondary N) is 2. The van der Waals surface area contributed by atoms with Crippen LogP contribution < -0.4 is 10.0 Å². The first-order valence-electron chi connectivity index (χ1n) is 7.81. The zero-order chi connectivity index (χ0) is 18.4. The van der Waals surface area contributed by atoms with Crippen LogP contribution in [0.5, 0.6) is 0 Å². The smallest absolute Gasteiger partial charge is 0.261 e. The summed E-state index contributed by atoms with van der Waals surface area (Å²) in [6.07, 6.45) is 0. The summed E-state index contributed by atoms with van der Waals surface area (Å²) >= 11 is 0. The van der Waals surface area contributed by atoms with Gasteiger partial charge in [0.05, 0.1) is 11.5 Å². The quantitative estimate of drug-likeness (QED) is 0.741. The molecule has 0 aliphatic carbocycles. The van der Waals surface area contributed by atoms with Crippen LogP contribution in [0.15, 0.2) is 47.4 Å². The first-order chi connectivity index (χ1) is 11.8. The third-order valence-electron chi connectivity index (χ3n) is 3.78. The minimum Gasteiger partial charge on any atom is -0.383 e. The van der Waals surface area contributed by atoms with Gasteiger partial charge in [-0.05, 0) is 61.4 Å². The zero-order valence-corrected chi connectivity index (χ0v) is 15.3. The Morgan fingerprint density at radius 1 is 1.04 bits per heavy atom. The number of rotatable bonds is 7. The molecule has 6 nitrogen and oxygen atoms in total. The summed E-state index contributed by atoms with van der Waals surface area (Å²) in [5.41, 5.74) is 2.99. The van der Waals surface area contributed by atoms with Crippen molar-refractivity contribution in [2.75, 3.05) is 25.0 Å². The fraction of sp³-hybridized carbons (Fsp3) is 0.278. The number of carbonyl (C=O) groups excluding carboxylic acids is 1. The first-order valence-corrected chi connectivity index (χ1v) is 9.29. The van der Waals surface area contributed by atoms with E-state index in [2.05, 4.69) is 10.0 Å². The van der Waals surface area contributed by atoms with Crippen molar-refractivity contribution in [2.24, 2.45) is 0 Å². The fourth-order valence-electron chi connectivity index (χ4n) is 2.17. The van der Waals surface area contributed by atoms with Crippen LogP contribution in [0.2, 0.25) is 0 Å². The summed E-state index contributed by atoms with van der Waals surface area (Å²) in [5, 5.41) is 2.68. The molecule has 0 unspecified atom stereocenters. The standard InChI is InChI=1S/C18H22N2O4S/c1-13-4-7-16(12-14(13)2)20-25(22,23)17-8-5-15(6-9-17)18(21)19-10-11-24-3/h4-9,12,20H,10-11H2,1-3H3,(H,19,21). The number of aryl methyl sites for hydroxylation is 2. The molecule has 2 aromatic rings. The second-order valence-electron chi connectivity index (χ2n) is 5.68. The minimum absolute atomic E-state index is 0.0965. The Morgan fingerprint density at radius 3 is 2.32 bits per heavy atom. The number of amides is 1. The Morgan fingerprint density at radius 2 is 1.72 bits per heavy atom. The SMILES string of the molecule is COCCNC(=O)c1ccc(S(=O)(=O)Nc2ccc(C)c(C)c2)cc1. The molecule has 0 aliphatic rings. The number of hydrogen-bond acceptors (Lipinski definition) is 4. The van der Waals surface area contributed by atoms with Crippen LogP contribution in [0, 0.1) is 13.8 Å². The van der Waals surface area contributed by atoms with Crippen molar-refractivity contribution in [3.05, 3.63) is 59.2 Å². The van der Waals surface area contributed by atoms with E-state index in [-0.39, 0.29) is 10.8 Å². The van der Waals surface area contributed by atoms with E-state index in [0.29, 0.717) is 24.4 Å². The van der Waals surface area contributed by atoms with E-state index in [1.807, 2.05) is 19.9 Å². The van der Waals surface area contributed by atoms with Crippen LogP contribution in [0.4, 0.5) is 5.69 Å². The van der Waals surface area contributed by atoms with Crippen LogP contribution in [-0.4, -0.2) is 34.6 Å². The van der Waals surface area contributed by atoms with E-state index < -0.39 is 10.0 Å². The third kappa shape index (κ3) is 5.04. The molecule has 2 aromatic carbocycles. The maximum atomic E-state index is 12.5. The Balaban J connectivity index is 2.11. The largest absolute Gasteiger partial charge is 0.383 e. The van der Waals surface area contributed by atoms with E-state index in [4.69, 9.17) is 4.74 Å². The predicted octanol–water partition coefficient (Wildman–Crippen LogP) is 2.48. The number of hydrogen-bond donors (Lipinski definition) is 2. The molecule has 0 bridgehead atoms. The monoisotopic (exact) mass is 362 g/mol. The molecule has 1 amide bonds. The van der Waals surface area contributed by atoms with Crippen LogP contribution >= 0.6 is 0 Å². The molecule has 0 saturated carbocycles. The second-order valence-corrected chi connectivity index (χ2v) is 7.36. The molecule has 0 spiro atoms. The van der Waals surface area contributed by atoms with Gasteiger partial charge in [-0.15, -0.1) is 0 Å². The Kier molecular flexibility index (Phi) is 6.17. The lowest BCUT2D eigenvalue weighted by Gasteiger charge is -2.10. The van der Waals surface area contributed by atoms with Crippen LogP contribution in [0.3, 0.4) is 0 Å². The fourth-order valence-corrected chi connectivity index (χ4v) is 3.22. The zero-order valence-electron chi connectivity index (χ0n) is 14.5. The highest BCUT2D eigenvalue weighted by Gasteiger charge is 2.15. The number of ether oxygens (including phenoxy) is 1. The molecule has 0 radical (unpaired) electrons. The van der Waals surface area contributed by atoms with E-state index in [9.17, 15) is 13.2 Å². The van der Waals surface area contributed by atoms with Gasteiger partial charge in [0, 0.05) is 24.9 Å². The predicted molar refractivity (Wildman–Crippen MR) is 97.4 cm³/mol. The highest BCUT2D eigenvalue weighted by molar-refractivity contribution is 7.92. The summed E-state index contributed by atoms with van der Waals surface area (Å²) < 4.78 is 32.3. The van der Waals surface area contributed by atoms with Gasteiger partial charge in [-0.3, -0.25) is 9.52 Å². The first kappa shape index (κ1) is 19.0. The molecule has 0 aliphatic heterocycles. The minimum atomic E-state index is -3.71. The number of anilines is 1. The van der Waals surface area contributed by atoms with Crippen molar-refractivity contribution in [1.82, 2.24) is 5.32 Å². The van der Waals surface area contributed by atoms with Gasteiger partial charge in [-0.25, -0.2) is 8.42 Å². The maximum absolute atomic E-state index is 12.5. The molecule has 0 heterocycles. The van der Waals surface area contributed by atoms with Crippen molar-refractivity contribution >= 4 is 21.6 Å². The molecule has 0 aromatic heterocycles. The van der Waals surface area contributed by atoms with Crippen LogP contribution in [0.25, 0.3) is 0 Å². The molecular formula is C18H22N2O4S. The van der Waals surface area contributed by atoms with Gasteiger partial charge in [0.25, 0.3) is 15.9 Å². The van der Waals surface area contributed by atoms with Gasteiger partial charge < -0.3 is 10.1 Å². The number of benzene rings is 2. The molecule has 25 heavy (non-hydrogen) atoms. The lowest BCUT2D eigenvalue weighted by atomic mass is 10.1. The van der Waals surface area contributed by atoms with Gasteiger partial charge in [-0.2, -0.15) is 0 Å². The molecule has 7 heteroatoms. The van der Waals surface area contributed by atoms with Crippen molar-refractivity contribution in [3.63, 3.8) is 0 Å². The molecular weight excluding hydrogens is 340 g/mol. The Bertz CT molecular complexity index is 846. The summed E-state index contributed by atoms with van der Waals surface area (Å²) in [4.78, 5) is 12.0. The van der Waals surface area contributed by atoms with Crippen LogP contribution in [0.1, 0.15) is 21.5 Å². The highest BCUT2D eigenvalue weighted by atomic mass is 32.2. The molecule has 2 N–H and O–H groups in total. The summed E-state index contributed by atoms with van der Waals surface area (Å²) in [6.45, 7) is 4.69. The van der Waals surface area contributed by atoms with Gasteiger partial charge in [0.15, 0.2) is 0 Å². The topological polar surface area (TPSA) is 84.5 Å². The van der Waals surface area contributed by atoms with Gasteiger partial charge in [-0.1, -0.05) is 6.07 Å². The molecule has 2 rings (SSSR count). The molecule has 0 saturated heterocycles. The van der Waals surface area contributed by atoms with E-state index in [0.717, 1.165) is 11.1 Å². The molecule has 0 fully saturated rings. The van der Waals surface area contributed by atoms with Crippen LogP contribution in [-0.2, 0) is 14.8 Å². The lowest BCUT2D eigenvalue weighted by Crippen LogP contribution is -2.26. The van der Waals surface area contributed by atoms with E-state index in [1.54, 1.807) is 19.2 Å². The number of carbonyl (C=O) groups is 1. The van der Waals surface area contributed by atoms with Crippen molar-refractivity contribution < 1.29 is 17.9 Å². The van der Waals surface area contributed by atoms with Crippen molar-refractivity contribution in [3.8, 4) is 0 Å². The summed E-state index contributed by atoms with van der Waals surface area (Å²) in [6, 6.07) is 11.2. The van der Waals surface area contributed by atoms with Crippen molar-refractivity contribution in [2.45, 2.75) is 18.7 Å².